The summed E-state index contributed by atoms with van der Waals surface area (Å²) in [6.07, 6.45) is 3.56. The second-order valence-electron chi connectivity index (χ2n) is 5.39. The smallest absolute Gasteiger partial charge is 0.268 e. The number of likely N-dealkylation sites (tertiary alicyclic amines) is 1. The lowest BCUT2D eigenvalue weighted by molar-refractivity contribution is -0.119. The number of rotatable bonds is 5. The van der Waals surface area contributed by atoms with E-state index in [1.54, 1.807) is 6.07 Å². The Kier molecular flexibility index (Phi) is 5.35. The Morgan fingerprint density at radius 2 is 2.14 bits per heavy atom. The molecule has 2 amide bonds. The van der Waals surface area contributed by atoms with Crippen molar-refractivity contribution in [2.24, 2.45) is 11.8 Å². The van der Waals surface area contributed by atoms with Gasteiger partial charge in [-0.05, 0) is 37.9 Å². The van der Waals surface area contributed by atoms with Crippen LogP contribution in [-0.2, 0) is 11.3 Å². The van der Waals surface area contributed by atoms with Crippen molar-refractivity contribution in [1.29, 1.82) is 0 Å². The quantitative estimate of drug-likeness (QED) is 0.410. The molecule has 1 aromatic heterocycles. The molecule has 1 saturated heterocycles. The molecular formula is C14H22N4O3. The van der Waals surface area contributed by atoms with Gasteiger partial charge in [0.1, 0.15) is 5.76 Å². The van der Waals surface area contributed by atoms with E-state index in [1.807, 2.05) is 0 Å². The predicted octanol–water partition coefficient (Wildman–Crippen LogP) is 0.231. The van der Waals surface area contributed by atoms with Crippen LogP contribution in [0.2, 0.25) is 0 Å². The van der Waals surface area contributed by atoms with Gasteiger partial charge in [0, 0.05) is 13.5 Å². The monoisotopic (exact) mass is 294 g/mol. The van der Waals surface area contributed by atoms with E-state index in [1.165, 1.54) is 13.2 Å². The van der Waals surface area contributed by atoms with E-state index in [2.05, 4.69) is 15.6 Å². The van der Waals surface area contributed by atoms with Gasteiger partial charge in [0.15, 0.2) is 0 Å². The molecule has 0 atom stereocenters. The average molecular weight is 294 g/mol. The van der Waals surface area contributed by atoms with Crippen LogP contribution in [-0.4, -0.2) is 36.3 Å². The molecule has 0 unspecified atom stereocenters. The summed E-state index contributed by atoms with van der Waals surface area (Å²) in [4.78, 5) is 24.7. The van der Waals surface area contributed by atoms with E-state index in [0.29, 0.717) is 23.8 Å². The molecule has 7 heteroatoms. The van der Waals surface area contributed by atoms with Crippen LogP contribution in [0.15, 0.2) is 16.7 Å². The molecule has 1 aromatic rings. The molecule has 0 radical (unpaired) electrons. The van der Waals surface area contributed by atoms with Gasteiger partial charge in [0.05, 0.1) is 18.4 Å². The Balaban J connectivity index is 1.82. The molecule has 116 valence electrons. The molecule has 0 aliphatic carbocycles. The second-order valence-corrected chi connectivity index (χ2v) is 5.39. The van der Waals surface area contributed by atoms with Gasteiger partial charge in [0.25, 0.3) is 5.91 Å². The lowest BCUT2D eigenvalue weighted by Gasteiger charge is -2.31. The first-order valence-corrected chi connectivity index (χ1v) is 7.14. The van der Waals surface area contributed by atoms with Crippen LogP contribution < -0.4 is 16.6 Å². The molecule has 1 fully saturated rings. The SMILES string of the molecule is CC(=O)NCC1CCN(Cc2occc2C(=O)NN)CC1. The highest BCUT2D eigenvalue weighted by molar-refractivity contribution is 5.94. The topological polar surface area (TPSA) is 101 Å². The third kappa shape index (κ3) is 4.30. The summed E-state index contributed by atoms with van der Waals surface area (Å²) in [5.41, 5.74) is 2.61. The minimum absolute atomic E-state index is 0.0189. The minimum atomic E-state index is -0.334. The summed E-state index contributed by atoms with van der Waals surface area (Å²) >= 11 is 0. The zero-order valence-electron chi connectivity index (χ0n) is 12.2. The minimum Gasteiger partial charge on any atom is -0.467 e. The molecule has 2 heterocycles. The Hall–Kier alpha value is -1.86. The first kappa shape index (κ1) is 15.5. The highest BCUT2D eigenvalue weighted by Crippen LogP contribution is 2.20. The number of nitrogens with one attached hydrogen (secondary N) is 2. The van der Waals surface area contributed by atoms with Gasteiger partial charge < -0.3 is 9.73 Å². The number of furan rings is 1. The van der Waals surface area contributed by atoms with Crippen LogP contribution in [0.4, 0.5) is 0 Å². The van der Waals surface area contributed by atoms with E-state index in [4.69, 9.17) is 10.3 Å². The average Bonchev–Trinajstić information content (AvgIpc) is 2.94. The number of nitrogens with two attached hydrogens (primary N) is 1. The number of hydrogen-bond acceptors (Lipinski definition) is 5. The van der Waals surface area contributed by atoms with E-state index in [9.17, 15) is 9.59 Å². The molecule has 0 aromatic carbocycles. The van der Waals surface area contributed by atoms with Crippen molar-refractivity contribution >= 4 is 11.8 Å². The van der Waals surface area contributed by atoms with Gasteiger partial charge in [-0.3, -0.25) is 19.9 Å². The molecule has 21 heavy (non-hydrogen) atoms. The fourth-order valence-electron chi connectivity index (χ4n) is 2.58. The normalized spacial score (nSPS) is 16.7. The number of carbonyl (C=O) groups is 2. The molecule has 2 rings (SSSR count). The molecular weight excluding hydrogens is 272 g/mol. The van der Waals surface area contributed by atoms with Gasteiger partial charge in [-0.1, -0.05) is 0 Å². The molecule has 0 bridgehead atoms. The van der Waals surface area contributed by atoms with Gasteiger partial charge >= 0.3 is 0 Å². The Labute approximate surface area is 123 Å². The summed E-state index contributed by atoms with van der Waals surface area (Å²) in [5, 5.41) is 2.86. The van der Waals surface area contributed by atoms with E-state index in [-0.39, 0.29) is 11.8 Å². The third-order valence-electron chi connectivity index (χ3n) is 3.84. The van der Waals surface area contributed by atoms with Gasteiger partial charge in [-0.2, -0.15) is 0 Å². The number of nitrogen functional groups attached to an aromatic ring is 1. The standard InChI is InChI=1S/C14H22N4O3/c1-10(19)16-8-11-2-5-18(6-3-11)9-13-12(4-7-21-13)14(20)17-15/h4,7,11H,2-3,5-6,8-9,15H2,1H3,(H,16,19)(H,17,20). The number of piperidine rings is 1. The summed E-state index contributed by atoms with van der Waals surface area (Å²) in [6.45, 7) is 4.73. The maximum absolute atomic E-state index is 11.6. The van der Waals surface area contributed by atoms with Crippen molar-refractivity contribution in [2.45, 2.75) is 26.3 Å². The first-order chi connectivity index (χ1) is 10.1. The maximum Gasteiger partial charge on any atom is 0.268 e. The highest BCUT2D eigenvalue weighted by Gasteiger charge is 2.22. The van der Waals surface area contributed by atoms with Crippen LogP contribution in [0.25, 0.3) is 0 Å². The van der Waals surface area contributed by atoms with Gasteiger partial charge in [-0.25, -0.2) is 5.84 Å². The number of amides is 2. The Morgan fingerprint density at radius 3 is 2.76 bits per heavy atom. The fraction of sp³-hybridized carbons (Fsp3) is 0.571. The van der Waals surface area contributed by atoms with Crippen molar-refractivity contribution in [1.82, 2.24) is 15.6 Å². The van der Waals surface area contributed by atoms with Crippen LogP contribution in [0, 0.1) is 5.92 Å². The number of hydrazine groups is 1. The van der Waals surface area contributed by atoms with Crippen LogP contribution in [0.1, 0.15) is 35.9 Å². The lowest BCUT2D eigenvalue weighted by Crippen LogP contribution is -2.38. The molecule has 7 nitrogen and oxygen atoms in total. The summed E-state index contributed by atoms with van der Waals surface area (Å²) in [6, 6.07) is 1.63. The summed E-state index contributed by atoms with van der Waals surface area (Å²) < 4.78 is 5.38. The van der Waals surface area contributed by atoms with Crippen molar-refractivity contribution < 1.29 is 14.0 Å². The van der Waals surface area contributed by atoms with Crippen molar-refractivity contribution in [3.8, 4) is 0 Å². The number of hydrogen-bond donors (Lipinski definition) is 3. The molecule has 0 saturated carbocycles. The third-order valence-corrected chi connectivity index (χ3v) is 3.84. The summed E-state index contributed by atoms with van der Waals surface area (Å²) in [7, 11) is 0. The van der Waals surface area contributed by atoms with Gasteiger partial charge in [0.2, 0.25) is 5.91 Å². The lowest BCUT2D eigenvalue weighted by atomic mass is 9.96. The highest BCUT2D eigenvalue weighted by atomic mass is 16.3. The van der Waals surface area contributed by atoms with Crippen molar-refractivity contribution in [3.05, 3.63) is 23.7 Å². The van der Waals surface area contributed by atoms with Crippen LogP contribution >= 0.6 is 0 Å². The Bertz CT molecular complexity index is 492. The number of carbonyl (C=O) groups excluding carboxylic acids is 2. The second kappa shape index (κ2) is 7.24. The van der Waals surface area contributed by atoms with Crippen molar-refractivity contribution in [2.75, 3.05) is 19.6 Å². The van der Waals surface area contributed by atoms with Crippen LogP contribution in [0.5, 0.6) is 0 Å². The predicted molar refractivity (Wildman–Crippen MR) is 77.0 cm³/mol. The van der Waals surface area contributed by atoms with E-state index in [0.717, 1.165) is 32.5 Å². The zero-order valence-corrected chi connectivity index (χ0v) is 12.2. The molecule has 1 aliphatic heterocycles. The first-order valence-electron chi connectivity index (χ1n) is 7.14. The van der Waals surface area contributed by atoms with Crippen LogP contribution in [0.3, 0.4) is 0 Å². The van der Waals surface area contributed by atoms with Crippen molar-refractivity contribution in [3.63, 3.8) is 0 Å². The van der Waals surface area contributed by atoms with Gasteiger partial charge in [-0.15, -0.1) is 0 Å². The van der Waals surface area contributed by atoms with E-state index >= 15 is 0 Å². The Morgan fingerprint density at radius 1 is 1.43 bits per heavy atom. The molecule has 4 N–H and O–H groups in total. The largest absolute Gasteiger partial charge is 0.467 e. The molecule has 1 aliphatic rings. The molecule has 0 spiro atoms. The number of nitrogens with zero attached hydrogens (tertiary/aromatic N) is 1. The maximum atomic E-state index is 11.6. The fourth-order valence-corrected chi connectivity index (χ4v) is 2.58. The summed E-state index contributed by atoms with van der Waals surface area (Å²) in [5.74, 6) is 6.00. The zero-order chi connectivity index (χ0) is 15.2. The van der Waals surface area contributed by atoms with E-state index < -0.39 is 0 Å².